The summed E-state index contributed by atoms with van der Waals surface area (Å²) in [6, 6.07) is 23.7. The SMILES string of the molecule is Cc1cccc(CN(C(=O)CCCN(c2ccc(Cl)cc2)S(C)(=O)=O)[C@@H](Cc2ccccc2)C(=O)NC2CCCC2)c1. The van der Waals surface area contributed by atoms with E-state index in [-0.39, 0.29) is 37.4 Å². The van der Waals surface area contributed by atoms with Crippen molar-refractivity contribution in [3.63, 3.8) is 0 Å². The van der Waals surface area contributed by atoms with Crippen molar-refractivity contribution in [1.29, 1.82) is 0 Å². The lowest BCUT2D eigenvalue weighted by Gasteiger charge is -2.33. The smallest absolute Gasteiger partial charge is 0.243 e. The van der Waals surface area contributed by atoms with Gasteiger partial charge in [0.2, 0.25) is 21.8 Å². The van der Waals surface area contributed by atoms with Crippen molar-refractivity contribution < 1.29 is 18.0 Å². The van der Waals surface area contributed by atoms with Gasteiger partial charge in [0.25, 0.3) is 0 Å². The Kier molecular flexibility index (Phi) is 11.0. The van der Waals surface area contributed by atoms with Crippen LogP contribution in [0.5, 0.6) is 0 Å². The number of aryl methyl sites for hydroxylation is 1. The highest BCUT2D eigenvalue weighted by Gasteiger charge is 2.32. The van der Waals surface area contributed by atoms with Gasteiger partial charge in [-0.25, -0.2) is 8.42 Å². The van der Waals surface area contributed by atoms with Crippen LogP contribution in [0, 0.1) is 6.92 Å². The van der Waals surface area contributed by atoms with Gasteiger partial charge in [0.05, 0.1) is 11.9 Å². The third-order valence-electron chi connectivity index (χ3n) is 7.67. The zero-order valence-corrected chi connectivity index (χ0v) is 25.9. The molecule has 7 nitrogen and oxygen atoms in total. The van der Waals surface area contributed by atoms with Crippen LogP contribution >= 0.6 is 11.6 Å². The number of rotatable bonds is 13. The number of halogens is 1. The minimum absolute atomic E-state index is 0.0907. The molecule has 3 aromatic carbocycles. The standard InChI is InChI=1S/C33H40ClN3O4S/c1-25-10-8-13-27(22-25)24-36(31(23-26-11-4-3-5-12-26)33(39)35-29-14-6-7-15-29)32(38)16-9-21-37(42(2,40)41)30-19-17-28(34)18-20-30/h3-5,8,10-13,17-20,22,29,31H,6-7,9,14-16,21,23-24H2,1-2H3,(H,35,39)/t31-/m0/s1. The topological polar surface area (TPSA) is 86.8 Å². The molecule has 1 aliphatic carbocycles. The molecule has 1 aliphatic rings. The van der Waals surface area contributed by atoms with Crippen LogP contribution in [0.1, 0.15) is 55.2 Å². The van der Waals surface area contributed by atoms with E-state index >= 15 is 0 Å². The Morgan fingerprint density at radius 2 is 1.62 bits per heavy atom. The number of hydrogen-bond donors (Lipinski definition) is 1. The molecule has 42 heavy (non-hydrogen) atoms. The Morgan fingerprint density at radius 3 is 2.26 bits per heavy atom. The second kappa shape index (κ2) is 14.7. The molecule has 1 fully saturated rings. The molecule has 2 amide bonds. The molecular weight excluding hydrogens is 570 g/mol. The number of carbonyl (C=O) groups is 2. The molecule has 0 unspecified atom stereocenters. The predicted octanol–water partition coefficient (Wildman–Crippen LogP) is 5.89. The Labute approximate surface area is 254 Å². The van der Waals surface area contributed by atoms with Gasteiger partial charge in [-0.3, -0.25) is 13.9 Å². The molecule has 3 aromatic rings. The van der Waals surface area contributed by atoms with Crippen LogP contribution in [0.4, 0.5) is 5.69 Å². The summed E-state index contributed by atoms with van der Waals surface area (Å²) in [5.41, 5.74) is 3.47. The van der Waals surface area contributed by atoms with Crippen LogP contribution in [0.25, 0.3) is 0 Å². The van der Waals surface area contributed by atoms with Crippen molar-refractivity contribution in [2.24, 2.45) is 0 Å². The number of carbonyl (C=O) groups excluding carboxylic acids is 2. The number of amides is 2. The van der Waals surface area contributed by atoms with Gasteiger partial charge in [0, 0.05) is 37.0 Å². The summed E-state index contributed by atoms with van der Waals surface area (Å²) in [4.78, 5) is 29.5. The molecule has 9 heteroatoms. The maximum Gasteiger partial charge on any atom is 0.243 e. The lowest BCUT2D eigenvalue weighted by atomic mass is 10.0. The third kappa shape index (κ3) is 9.07. The van der Waals surface area contributed by atoms with Gasteiger partial charge in [-0.15, -0.1) is 0 Å². The Hall–Kier alpha value is -3.36. The molecule has 0 aromatic heterocycles. The van der Waals surface area contributed by atoms with Crippen LogP contribution in [0.3, 0.4) is 0 Å². The fraction of sp³-hybridized carbons (Fsp3) is 0.394. The average molecular weight is 610 g/mol. The third-order valence-corrected chi connectivity index (χ3v) is 9.12. The Morgan fingerprint density at radius 1 is 0.952 bits per heavy atom. The first-order valence-corrected chi connectivity index (χ1v) is 16.8. The summed E-state index contributed by atoms with van der Waals surface area (Å²) in [6.45, 7) is 2.41. The summed E-state index contributed by atoms with van der Waals surface area (Å²) in [6.07, 6.45) is 5.99. The van der Waals surface area contributed by atoms with E-state index in [1.807, 2.05) is 61.5 Å². The second-order valence-electron chi connectivity index (χ2n) is 11.1. The molecule has 0 radical (unpaired) electrons. The van der Waals surface area contributed by atoms with E-state index in [9.17, 15) is 18.0 Å². The fourth-order valence-corrected chi connectivity index (χ4v) is 6.63. The van der Waals surface area contributed by atoms with Crippen molar-refractivity contribution in [2.75, 3.05) is 17.1 Å². The minimum Gasteiger partial charge on any atom is -0.352 e. The second-order valence-corrected chi connectivity index (χ2v) is 13.5. The number of anilines is 1. The summed E-state index contributed by atoms with van der Waals surface area (Å²) < 4.78 is 26.5. The fourth-order valence-electron chi connectivity index (χ4n) is 5.54. The van der Waals surface area contributed by atoms with Gasteiger partial charge >= 0.3 is 0 Å². The van der Waals surface area contributed by atoms with E-state index in [4.69, 9.17) is 11.6 Å². The number of hydrogen-bond acceptors (Lipinski definition) is 4. The largest absolute Gasteiger partial charge is 0.352 e. The summed E-state index contributed by atoms with van der Waals surface area (Å²) in [5.74, 6) is -0.339. The zero-order chi connectivity index (χ0) is 30.1. The molecular formula is C33H40ClN3O4S. The summed E-state index contributed by atoms with van der Waals surface area (Å²) >= 11 is 6.00. The van der Waals surface area contributed by atoms with Gasteiger partial charge in [-0.1, -0.05) is 84.6 Å². The molecule has 4 rings (SSSR count). The molecule has 0 saturated heterocycles. The van der Waals surface area contributed by atoms with Crippen molar-refractivity contribution in [3.05, 3.63) is 101 Å². The normalized spacial score (nSPS) is 14.4. The van der Waals surface area contributed by atoms with E-state index in [2.05, 4.69) is 5.32 Å². The first kappa shape index (κ1) is 31.6. The van der Waals surface area contributed by atoms with Crippen LogP contribution in [0.15, 0.2) is 78.9 Å². The highest BCUT2D eigenvalue weighted by Crippen LogP contribution is 2.23. The highest BCUT2D eigenvalue weighted by molar-refractivity contribution is 7.92. The van der Waals surface area contributed by atoms with E-state index in [0.717, 1.165) is 48.6 Å². The first-order chi connectivity index (χ1) is 20.1. The molecule has 1 saturated carbocycles. The van der Waals surface area contributed by atoms with E-state index in [1.54, 1.807) is 29.2 Å². The molecule has 0 bridgehead atoms. The summed E-state index contributed by atoms with van der Waals surface area (Å²) in [7, 11) is -3.58. The maximum absolute atomic E-state index is 14.0. The predicted molar refractivity (Wildman–Crippen MR) is 169 cm³/mol. The van der Waals surface area contributed by atoms with Gasteiger partial charge in [-0.2, -0.15) is 0 Å². The minimum atomic E-state index is -3.58. The molecule has 0 spiro atoms. The van der Waals surface area contributed by atoms with Crippen molar-refractivity contribution in [1.82, 2.24) is 10.2 Å². The Balaban J connectivity index is 1.58. The highest BCUT2D eigenvalue weighted by atomic mass is 35.5. The summed E-state index contributed by atoms with van der Waals surface area (Å²) in [5, 5.41) is 3.73. The number of sulfonamides is 1. The Bertz CT molecular complexity index is 1440. The number of benzene rings is 3. The van der Waals surface area contributed by atoms with Crippen LogP contribution in [-0.4, -0.2) is 50.0 Å². The monoisotopic (exact) mass is 609 g/mol. The van der Waals surface area contributed by atoms with Crippen LogP contribution in [-0.2, 0) is 32.6 Å². The molecule has 224 valence electrons. The van der Waals surface area contributed by atoms with E-state index < -0.39 is 16.1 Å². The lowest BCUT2D eigenvalue weighted by molar-refractivity contribution is -0.141. The molecule has 0 aliphatic heterocycles. The number of nitrogens with one attached hydrogen (secondary N) is 1. The lowest BCUT2D eigenvalue weighted by Crippen LogP contribution is -2.52. The zero-order valence-electron chi connectivity index (χ0n) is 24.3. The van der Waals surface area contributed by atoms with Crippen molar-refractivity contribution in [2.45, 2.75) is 70.5 Å². The van der Waals surface area contributed by atoms with E-state index in [0.29, 0.717) is 23.6 Å². The molecule has 0 heterocycles. The van der Waals surface area contributed by atoms with Gasteiger partial charge < -0.3 is 10.2 Å². The quantitative estimate of drug-likeness (QED) is 0.262. The van der Waals surface area contributed by atoms with Gasteiger partial charge in [-0.05, 0) is 61.6 Å². The van der Waals surface area contributed by atoms with E-state index in [1.165, 1.54) is 4.31 Å². The number of nitrogens with zero attached hydrogens (tertiary/aromatic N) is 2. The average Bonchev–Trinajstić information content (AvgIpc) is 3.46. The molecule has 1 N–H and O–H groups in total. The molecule has 1 atom stereocenters. The van der Waals surface area contributed by atoms with Crippen LogP contribution < -0.4 is 9.62 Å². The first-order valence-electron chi connectivity index (χ1n) is 14.5. The van der Waals surface area contributed by atoms with Crippen molar-refractivity contribution >= 4 is 39.1 Å². The van der Waals surface area contributed by atoms with Gasteiger partial charge in [0.1, 0.15) is 6.04 Å². The van der Waals surface area contributed by atoms with Crippen LogP contribution in [0.2, 0.25) is 5.02 Å². The van der Waals surface area contributed by atoms with Crippen molar-refractivity contribution in [3.8, 4) is 0 Å². The maximum atomic E-state index is 14.0. The van der Waals surface area contributed by atoms with Gasteiger partial charge in [0.15, 0.2) is 0 Å².